The first kappa shape index (κ1) is 20.0. The van der Waals surface area contributed by atoms with Crippen molar-refractivity contribution in [3.05, 3.63) is 65.0 Å². The van der Waals surface area contributed by atoms with E-state index in [1.807, 2.05) is 0 Å². The van der Waals surface area contributed by atoms with Crippen LogP contribution in [-0.2, 0) is 14.8 Å². The molecule has 1 aliphatic carbocycles. The lowest BCUT2D eigenvalue weighted by Crippen LogP contribution is -2.39. The monoisotopic (exact) mass is 431 g/mol. The van der Waals surface area contributed by atoms with Gasteiger partial charge in [0.05, 0.1) is 5.56 Å². The quantitative estimate of drug-likeness (QED) is 0.768. The van der Waals surface area contributed by atoms with Crippen LogP contribution in [0.1, 0.15) is 45.2 Å². The van der Waals surface area contributed by atoms with E-state index in [4.69, 9.17) is 5.73 Å². The molecule has 8 nitrogen and oxygen atoms in total. The van der Waals surface area contributed by atoms with Crippen LogP contribution >= 0.6 is 0 Å². The molecule has 1 aliphatic heterocycles. The maximum atomic E-state index is 13.6. The van der Waals surface area contributed by atoms with E-state index in [1.54, 1.807) is 0 Å². The zero-order valence-electron chi connectivity index (χ0n) is 15.9. The highest BCUT2D eigenvalue weighted by atomic mass is 32.2. The molecule has 2 aromatic rings. The summed E-state index contributed by atoms with van der Waals surface area (Å²) in [4.78, 5) is 38.3. The van der Waals surface area contributed by atoms with E-state index in [-0.39, 0.29) is 27.6 Å². The van der Waals surface area contributed by atoms with Gasteiger partial charge in [-0.1, -0.05) is 12.1 Å². The van der Waals surface area contributed by atoms with Crippen LogP contribution in [0.5, 0.6) is 0 Å². The van der Waals surface area contributed by atoms with Crippen LogP contribution in [0.2, 0.25) is 0 Å². The third-order valence-corrected chi connectivity index (χ3v) is 7.09. The summed E-state index contributed by atoms with van der Waals surface area (Å²) in [6, 6.07) is 7.28. The number of hydrogen-bond donors (Lipinski definition) is 1. The van der Waals surface area contributed by atoms with Gasteiger partial charge < -0.3 is 10.6 Å². The maximum Gasteiger partial charge on any atom is 0.269 e. The van der Waals surface area contributed by atoms with Crippen LogP contribution in [-0.4, -0.2) is 48.4 Å². The number of fused-ring (bicyclic) bond motifs is 1. The standard InChI is InChI=1S/C20H18FN3O5S/c1-23(17(18(22)25)11-3-2-4-13(21)9-11)19(26)12-5-8-15-16(10-12)30(28,29)24(20(15)27)14-6-7-14/h2-5,8-10,14,17H,6-7H2,1H3,(H2,22,25). The Morgan fingerprint density at radius 2 is 1.90 bits per heavy atom. The number of nitrogens with two attached hydrogens (primary N) is 1. The molecule has 0 aromatic heterocycles. The van der Waals surface area contributed by atoms with Crippen molar-refractivity contribution >= 4 is 27.7 Å². The Morgan fingerprint density at radius 3 is 2.50 bits per heavy atom. The van der Waals surface area contributed by atoms with E-state index >= 15 is 0 Å². The van der Waals surface area contributed by atoms with Crippen LogP contribution in [0.25, 0.3) is 0 Å². The zero-order valence-corrected chi connectivity index (χ0v) is 16.7. The Balaban J connectivity index is 1.70. The minimum atomic E-state index is -4.04. The van der Waals surface area contributed by atoms with Crippen LogP contribution in [0.4, 0.5) is 4.39 Å². The highest BCUT2D eigenvalue weighted by Crippen LogP contribution is 2.39. The minimum Gasteiger partial charge on any atom is -0.368 e. The van der Waals surface area contributed by atoms with Crippen LogP contribution in [0.3, 0.4) is 0 Å². The summed E-state index contributed by atoms with van der Waals surface area (Å²) < 4.78 is 40.0. The van der Waals surface area contributed by atoms with Crippen molar-refractivity contribution in [1.29, 1.82) is 0 Å². The fraction of sp³-hybridized carbons (Fsp3) is 0.250. The number of sulfonamides is 1. The fourth-order valence-corrected chi connectivity index (χ4v) is 5.47. The van der Waals surface area contributed by atoms with E-state index in [1.165, 1.54) is 37.4 Å². The molecule has 2 aliphatic rings. The molecule has 0 radical (unpaired) electrons. The van der Waals surface area contributed by atoms with E-state index in [0.717, 1.165) is 21.3 Å². The lowest BCUT2D eigenvalue weighted by atomic mass is 10.0. The van der Waals surface area contributed by atoms with E-state index < -0.39 is 39.6 Å². The first-order valence-corrected chi connectivity index (χ1v) is 10.6. The number of nitrogens with zero attached hydrogens (tertiary/aromatic N) is 2. The number of halogens is 1. The molecule has 4 rings (SSSR count). The summed E-state index contributed by atoms with van der Waals surface area (Å²) in [6.45, 7) is 0. The summed E-state index contributed by atoms with van der Waals surface area (Å²) >= 11 is 0. The first-order valence-electron chi connectivity index (χ1n) is 9.17. The molecule has 156 valence electrons. The highest BCUT2D eigenvalue weighted by molar-refractivity contribution is 7.90. The van der Waals surface area contributed by atoms with E-state index in [2.05, 4.69) is 0 Å². The second-order valence-corrected chi connectivity index (χ2v) is 9.11. The molecular weight excluding hydrogens is 413 g/mol. The van der Waals surface area contributed by atoms with Crippen molar-refractivity contribution in [2.45, 2.75) is 29.8 Å². The van der Waals surface area contributed by atoms with E-state index in [0.29, 0.717) is 12.8 Å². The predicted octanol–water partition coefficient (Wildman–Crippen LogP) is 1.43. The van der Waals surface area contributed by atoms with Crippen molar-refractivity contribution in [1.82, 2.24) is 9.21 Å². The van der Waals surface area contributed by atoms with Gasteiger partial charge in [-0.2, -0.15) is 0 Å². The minimum absolute atomic E-state index is 0.0117. The average molecular weight is 431 g/mol. The van der Waals surface area contributed by atoms with Crippen molar-refractivity contribution in [2.24, 2.45) is 5.73 Å². The molecular formula is C20H18FN3O5S. The topological polar surface area (TPSA) is 118 Å². The Kier molecular flexibility index (Phi) is 4.61. The van der Waals surface area contributed by atoms with Gasteiger partial charge in [-0.25, -0.2) is 17.1 Å². The lowest BCUT2D eigenvalue weighted by molar-refractivity contribution is -0.122. The number of likely N-dealkylation sites (N-methyl/N-ethyl adjacent to an activating group) is 1. The summed E-state index contributed by atoms with van der Waals surface area (Å²) in [5.41, 5.74) is 5.60. The van der Waals surface area contributed by atoms with Gasteiger partial charge in [0, 0.05) is 18.7 Å². The maximum absolute atomic E-state index is 13.6. The number of carbonyl (C=O) groups is 3. The van der Waals surface area contributed by atoms with Crippen molar-refractivity contribution in [3.8, 4) is 0 Å². The number of hydrogen-bond acceptors (Lipinski definition) is 5. The van der Waals surface area contributed by atoms with Crippen LogP contribution < -0.4 is 5.73 Å². The second kappa shape index (κ2) is 6.91. The van der Waals surface area contributed by atoms with Gasteiger partial charge in [-0.15, -0.1) is 0 Å². The summed E-state index contributed by atoms with van der Waals surface area (Å²) in [5.74, 6) is -2.77. The number of carbonyl (C=O) groups excluding carboxylic acids is 3. The predicted molar refractivity (Wildman–Crippen MR) is 103 cm³/mol. The highest BCUT2D eigenvalue weighted by Gasteiger charge is 2.49. The van der Waals surface area contributed by atoms with Gasteiger partial charge in [0.2, 0.25) is 5.91 Å². The molecule has 0 bridgehead atoms. The Labute approximate surface area is 172 Å². The molecule has 3 amide bonds. The molecule has 1 saturated carbocycles. The number of primary amides is 1. The number of rotatable bonds is 5. The van der Waals surface area contributed by atoms with Gasteiger partial charge >= 0.3 is 0 Å². The summed E-state index contributed by atoms with van der Waals surface area (Å²) in [5, 5.41) is 0. The molecule has 2 N–H and O–H groups in total. The van der Waals surface area contributed by atoms with E-state index in [9.17, 15) is 27.2 Å². The number of benzene rings is 2. The van der Waals surface area contributed by atoms with Gasteiger partial charge in [0.1, 0.15) is 16.8 Å². The third-order valence-electron chi connectivity index (χ3n) is 5.22. The Hall–Kier alpha value is -3.27. The molecule has 1 fully saturated rings. The molecule has 10 heteroatoms. The van der Waals surface area contributed by atoms with Crippen molar-refractivity contribution < 1.29 is 27.2 Å². The molecule has 2 aromatic carbocycles. The fourth-order valence-electron chi connectivity index (χ4n) is 3.63. The summed E-state index contributed by atoms with van der Waals surface area (Å²) in [6.07, 6.45) is 1.23. The van der Waals surface area contributed by atoms with Crippen molar-refractivity contribution in [3.63, 3.8) is 0 Å². The first-order chi connectivity index (χ1) is 14.1. The molecule has 0 saturated heterocycles. The second-order valence-electron chi connectivity index (χ2n) is 7.32. The number of amides is 3. The van der Waals surface area contributed by atoms with Gasteiger partial charge in [0.25, 0.3) is 21.8 Å². The normalized spacial score (nSPS) is 18.1. The van der Waals surface area contributed by atoms with Crippen LogP contribution in [0, 0.1) is 5.82 Å². The SMILES string of the molecule is CN(C(=O)c1ccc2c(c1)S(=O)(=O)N(C1CC1)C2=O)C(C(N)=O)c1cccc(F)c1. The average Bonchev–Trinajstić information content (AvgIpc) is 3.48. The largest absolute Gasteiger partial charge is 0.368 e. The molecule has 1 atom stereocenters. The van der Waals surface area contributed by atoms with Gasteiger partial charge in [0.15, 0.2) is 0 Å². The molecule has 0 spiro atoms. The lowest BCUT2D eigenvalue weighted by Gasteiger charge is -2.26. The zero-order chi connectivity index (χ0) is 21.8. The molecule has 1 unspecified atom stereocenters. The molecule has 30 heavy (non-hydrogen) atoms. The summed E-state index contributed by atoms with van der Waals surface area (Å²) in [7, 11) is -2.73. The molecule has 1 heterocycles. The smallest absolute Gasteiger partial charge is 0.269 e. The Morgan fingerprint density at radius 1 is 1.20 bits per heavy atom. The van der Waals surface area contributed by atoms with Gasteiger partial charge in [-0.3, -0.25) is 14.4 Å². The van der Waals surface area contributed by atoms with Crippen molar-refractivity contribution in [2.75, 3.05) is 7.05 Å². The van der Waals surface area contributed by atoms with Crippen LogP contribution in [0.15, 0.2) is 47.4 Å². The van der Waals surface area contributed by atoms with Gasteiger partial charge in [-0.05, 0) is 48.7 Å². The Bertz CT molecular complexity index is 1190. The third kappa shape index (κ3) is 3.13.